The minimum absolute atomic E-state index is 0.355. The minimum Gasteiger partial charge on any atom is -0.461 e. The molecule has 2 rings (SSSR count). The molecule has 0 aliphatic carbocycles. The van der Waals surface area contributed by atoms with Crippen molar-refractivity contribution < 1.29 is 9.53 Å². The smallest absolute Gasteiger partial charge is 0.356 e. The summed E-state index contributed by atoms with van der Waals surface area (Å²) < 4.78 is 4.88. The van der Waals surface area contributed by atoms with E-state index in [0.29, 0.717) is 12.3 Å². The van der Waals surface area contributed by atoms with Crippen molar-refractivity contribution in [3.05, 3.63) is 65.5 Å². The van der Waals surface area contributed by atoms with Gasteiger partial charge < -0.3 is 4.74 Å². The van der Waals surface area contributed by atoms with Gasteiger partial charge >= 0.3 is 5.97 Å². The van der Waals surface area contributed by atoms with Crippen molar-refractivity contribution in [2.45, 2.75) is 13.3 Å². The largest absolute Gasteiger partial charge is 0.461 e. The van der Waals surface area contributed by atoms with Crippen LogP contribution in [0.5, 0.6) is 0 Å². The number of nitrogens with zero attached hydrogens (tertiary/aromatic N) is 1. The molecule has 92 valence electrons. The summed E-state index contributed by atoms with van der Waals surface area (Å²) in [6, 6.07) is 13.8. The van der Waals surface area contributed by atoms with Gasteiger partial charge in [-0.2, -0.15) is 0 Å². The van der Waals surface area contributed by atoms with E-state index in [1.807, 2.05) is 24.3 Å². The van der Waals surface area contributed by atoms with E-state index in [-0.39, 0.29) is 5.97 Å². The lowest BCUT2D eigenvalue weighted by Gasteiger charge is -2.03. The third-order valence-corrected chi connectivity index (χ3v) is 2.56. The lowest BCUT2D eigenvalue weighted by atomic mass is 10.1. The molecule has 0 aliphatic heterocycles. The van der Waals surface area contributed by atoms with Crippen LogP contribution in [-0.4, -0.2) is 17.6 Å². The van der Waals surface area contributed by atoms with Crippen molar-refractivity contribution >= 4 is 5.97 Å². The topological polar surface area (TPSA) is 39.2 Å². The number of aromatic nitrogens is 1. The number of esters is 1. The molecule has 3 nitrogen and oxygen atoms in total. The SMILES string of the molecule is CCOC(=O)c1ccc(Cc2ccccc2)cn1. The molecule has 0 fully saturated rings. The number of ether oxygens (including phenoxy) is 1. The van der Waals surface area contributed by atoms with Crippen LogP contribution >= 0.6 is 0 Å². The van der Waals surface area contributed by atoms with Gasteiger partial charge in [0.25, 0.3) is 0 Å². The van der Waals surface area contributed by atoms with Gasteiger partial charge in [-0.15, -0.1) is 0 Å². The third kappa shape index (κ3) is 3.17. The lowest BCUT2D eigenvalue weighted by molar-refractivity contribution is 0.0519. The van der Waals surface area contributed by atoms with E-state index in [1.54, 1.807) is 19.2 Å². The number of pyridine rings is 1. The van der Waals surface area contributed by atoms with Crippen molar-refractivity contribution in [3.63, 3.8) is 0 Å². The zero-order valence-electron chi connectivity index (χ0n) is 10.3. The Morgan fingerprint density at radius 2 is 1.89 bits per heavy atom. The molecule has 0 saturated heterocycles. The predicted molar refractivity (Wildman–Crippen MR) is 69.4 cm³/mol. The van der Waals surface area contributed by atoms with Gasteiger partial charge in [-0.05, 0) is 30.5 Å². The molecule has 0 saturated carbocycles. The fraction of sp³-hybridized carbons (Fsp3) is 0.200. The molecular formula is C15H15NO2. The first-order chi connectivity index (χ1) is 8.79. The number of carbonyl (C=O) groups excluding carboxylic acids is 1. The zero-order chi connectivity index (χ0) is 12.8. The fourth-order valence-corrected chi connectivity index (χ4v) is 1.69. The summed E-state index contributed by atoms with van der Waals surface area (Å²) in [4.78, 5) is 15.5. The molecule has 0 amide bonds. The van der Waals surface area contributed by atoms with E-state index >= 15 is 0 Å². The van der Waals surface area contributed by atoms with Crippen LogP contribution in [0.4, 0.5) is 0 Å². The maximum atomic E-state index is 11.4. The average Bonchev–Trinajstić information content (AvgIpc) is 2.41. The third-order valence-electron chi connectivity index (χ3n) is 2.56. The second-order valence-electron chi connectivity index (χ2n) is 3.93. The van der Waals surface area contributed by atoms with Crippen molar-refractivity contribution in [3.8, 4) is 0 Å². The summed E-state index contributed by atoms with van der Waals surface area (Å²) in [7, 11) is 0. The molecule has 0 radical (unpaired) electrons. The van der Waals surface area contributed by atoms with Gasteiger partial charge in [0.2, 0.25) is 0 Å². The van der Waals surface area contributed by atoms with Crippen LogP contribution in [0.1, 0.15) is 28.5 Å². The Bertz CT molecular complexity index is 506. The molecule has 18 heavy (non-hydrogen) atoms. The van der Waals surface area contributed by atoms with Gasteiger partial charge in [0.15, 0.2) is 0 Å². The highest BCUT2D eigenvalue weighted by Gasteiger charge is 2.07. The first-order valence-corrected chi connectivity index (χ1v) is 5.95. The van der Waals surface area contributed by atoms with Crippen molar-refractivity contribution in [2.24, 2.45) is 0 Å². The van der Waals surface area contributed by atoms with Gasteiger partial charge in [-0.25, -0.2) is 9.78 Å². The molecular weight excluding hydrogens is 226 g/mol. The summed E-state index contributed by atoms with van der Waals surface area (Å²) >= 11 is 0. The van der Waals surface area contributed by atoms with Crippen molar-refractivity contribution in [1.82, 2.24) is 4.98 Å². The van der Waals surface area contributed by atoms with Crippen molar-refractivity contribution in [1.29, 1.82) is 0 Å². The van der Waals surface area contributed by atoms with Gasteiger partial charge in [-0.3, -0.25) is 0 Å². The van der Waals surface area contributed by atoms with E-state index in [0.717, 1.165) is 12.0 Å². The number of carbonyl (C=O) groups is 1. The summed E-state index contributed by atoms with van der Waals surface area (Å²) in [5, 5.41) is 0. The Balaban J connectivity index is 2.06. The molecule has 2 aromatic rings. The second-order valence-corrected chi connectivity index (χ2v) is 3.93. The molecule has 0 bridgehead atoms. The van der Waals surface area contributed by atoms with E-state index in [2.05, 4.69) is 17.1 Å². The van der Waals surface area contributed by atoms with E-state index in [4.69, 9.17) is 4.74 Å². The average molecular weight is 241 g/mol. The first-order valence-electron chi connectivity index (χ1n) is 5.95. The standard InChI is InChI=1S/C15H15NO2/c1-2-18-15(17)14-9-8-13(11-16-14)10-12-6-4-3-5-7-12/h3-9,11H,2,10H2,1H3. The molecule has 1 heterocycles. The first kappa shape index (κ1) is 12.3. The quantitative estimate of drug-likeness (QED) is 0.773. The maximum Gasteiger partial charge on any atom is 0.356 e. The van der Waals surface area contributed by atoms with Gasteiger partial charge in [0, 0.05) is 6.20 Å². The minimum atomic E-state index is -0.372. The summed E-state index contributed by atoms with van der Waals surface area (Å²) in [6.45, 7) is 2.15. The van der Waals surface area contributed by atoms with E-state index < -0.39 is 0 Å². The van der Waals surface area contributed by atoms with E-state index in [1.165, 1.54) is 5.56 Å². The second kappa shape index (κ2) is 5.96. The normalized spacial score (nSPS) is 10.1. The molecule has 0 spiro atoms. The monoisotopic (exact) mass is 241 g/mol. The number of hydrogen-bond donors (Lipinski definition) is 0. The maximum absolute atomic E-state index is 11.4. The summed E-state index contributed by atoms with van der Waals surface area (Å²) in [5.41, 5.74) is 2.66. The number of rotatable bonds is 4. The Labute approximate surface area is 106 Å². The Morgan fingerprint density at radius 3 is 2.50 bits per heavy atom. The molecule has 1 aromatic carbocycles. The van der Waals surface area contributed by atoms with Crippen LogP contribution in [-0.2, 0) is 11.2 Å². The molecule has 0 atom stereocenters. The van der Waals surface area contributed by atoms with Crippen molar-refractivity contribution in [2.75, 3.05) is 6.61 Å². The number of hydrogen-bond acceptors (Lipinski definition) is 3. The summed E-state index contributed by atoms with van der Waals surface area (Å²) in [5.74, 6) is -0.372. The molecule has 1 aromatic heterocycles. The fourth-order valence-electron chi connectivity index (χ4n) is 1.69. The highest BCUT2D eigenvalue weighted by atomic mass is 16.5. The van der Waals surface area contributed by atoms with Gasteiger partial charge in [0.05, 0.1) is 6.61 Å². The Kier molecular flexibility index (Phi) is 4.07. The molecule has 0 N–H and O–H groups in total. The van der Waals surface area contributed by atoms with Gasteiger partial charge in [-0.1, -0.05) is 36.4 Å². The predicted octanol–water partition coefficient (Wildman–Crippen LogP) is 2.85. The zero-order valence-corrected chi connectivity index (χ0v) is 10.3. The summed E-state index contributed by atoms with van der Waals surface area (Å²) in [6.07, 6.45) is 2.54. The van der Waals surface area contributed by atoms with Gasteiger partial charge in [0.1, 0.15) is 5.69 Å². The Morgan fingerprint density at radius 1 is 1.11 bits per heavy atom. The lowest BCUT2D eigenvalue weighted by Crippen LogP contribution is -2.07. The van der Waals surface area contributed by atoms with Crippen LogP contribution in [0.25, 0.3) is 0 Å². The van der Waals surface area contributed by atoms with E-state index in [9.17, 15) is 4.79 Å². The van der Waals surface area contributed by atoms with Crippen LogP contribution < -0.4 is 0 Å². The van der Waals surface area contributed by atoms with Crippen LogP contribution in [0.15, 0.2) is 48.7 Å². The number of benzene rings is 1. The molecule has 0 unspecified atom stereocenters. The molecule has 0 aliphatic rings. The highest BCUT2D eigenvalue weighted by Crippen LogP contribution is 2.09. The van der Waals surface area contributed by atoms with Crippen LogP contribution in [0.3, 0.4) is 0 Å². The van der Waals surface area contributed by atoms with Crippen LogP contribution in [0, 0.1) is 0 Å². The van der Waals surface area contributed by atoms with Crippen LogP contribution in [0.2, 0.25) is 0 Å². The Hall–Kier alpha value is -2.16. The highest BCUT2D eigenvalue weighted by molar-refractivity contribution is 5.87. The molecule has 3 heteroatoms.